The molecule has 0 spiro atoms. The summed E-state index contributed by atoms with van der Waals surface area (Å²) >= 11 is 0. The molecular formula is C15H21F2N. The van der Waals surface area contributed by atoms with Crippen LogP contribution >= 0.6 is 0 Å². The lowest BCUT2D eigenvalue weighted by Crippen LogP contribution is -2.31. The molecule has 0 radical (unpaired) electrons. The first-order valence-corrected chi connectivity index (χ1v) is 6.60. The first-order chi connectivity index (χ1) is 8.41. The van der Waals surface area contributed by atoms with Crippen molar-refractivity contribution in [1.29, 1.82) is 0 Å². The molecule has 1 saturated carbocycles. The minimum atomic E-state index is -2.47. The Kier molecular flexibility index (Phi) is 3.71. The Hall–Kier alpha value is -0.960. The van der Waals surface area contributed by atoms with Gasteiger partial charge in [0.2, 0.25) is 5.92 Å². The summed E-state index contributed by atoms with van der Waals surface area (Å²) in [5.74, 6) is -2.29. The van der Waals surface area contributed by atoms with Gasteiger partial charge in [-0.25, -0.2) is 8.78 Å². The molecule has 1 aromatic rings. The molecule has 0 aliphatic heterocycles. The van der Waals surface area contributed by atoms with E-state index in [-0.39, 0.29) is 24.8 Å². The lowest BCUT2D eigenvalue weighted by Gasteiger charge is -2.32. The van der Waals surface area contributed by atoms with Crippen LogP contribution in [0.15, 0.2) is 18.2 Å². The number of hydrogen-bond donors (Lipinski definition) is 1. The van der Waals surface area contributed by atoms with Gasteiger partial charge in [-0.2, -0.15) is 0 Å². The van der Waals surface area contributed by atoms with E-state index < -0.39 is 5.92 Å². The first-order valence-electron chi connectivity index (χ1n) is 6.60. The van der Waals surface area contributed by atoms with Gasteiger partial charge in [0.1, 0.15) is 0 Å². The fourth-order valence-electron chi connectivity index (χ4n) is 2.81. The molecule has 3 heteroatoms. The molecule has 0 heterocycles. The third-order valence-electron chi connectivity index (χ3n) is 4.28. The number of halogens is 2. The van der Waals surface area contributed by atoms with Crippen LogP contribution in [-0.2, 0) is 0 Å². The molecule has 2 N–H and O–H groups in total. The van der Waals surface area contributed by atoms with E-state index in [4.69, 9.17) is 5.73 Å². The van der Waals surface area contributed by atoms with Gasteiger partial charge in [-0.15, -0.1) is 0 Å². The summed E-state index contributed by atoms with van der Waals surface area (Å²) in [6, 6.07) is 5.97. The van der Waals surface area contributed by atoms with E-state index in [2.05, 4.69) is 19.9 Å². The van der Waals surface area contributed by atoms with Gasteiger partial charge in [0.15, 0.2) is 0 Å². The monoisotopic (exact) mass is 253 g/mol. The summed E-state index contributed by atoms with van der Waals surface area (Å²) < 4.78 is 26.3. The zero-order valence-electron chi connectivity index (χ0n) is 11.0. The number of nitrogens with two attached hydrogens (primary N) is 1. The van der Waals surface area contributed by atoms with E-state index in [0.717, 1.165) is 5.56 Å². The van der Waals surface area contributed by atoms with Gasteiger partial charge >= 0.3 is 0 Å². The second-order valence-electron chi connectivity index (χ2n) is 5.51. The van der Waals surface area contributed by atoms with E-state index in [1.807, 2.05) is 12.1 Å². The second kappa shape index (κ2) is 4.96. The summed E-state index contributed by atoms with van der Waals surface area (Å²) in [6.45, 7) is 4.11. The summed E-state index contributed by atoms with van der Waals surface area (Å²) in [5.41, 5.74) is 9.81. The molecule has 2 rings (SSSR count). The Balaban J connectivity index is 2.12. The Morgan fingerprint density at radius 3 is 2.44 bits per heavy atom. The van der Waals surface area contributed by atoms with E-state index in [9.17, 15) is 8.78 Å². The van der Waals surface area contributed by atoms with Crippen LogP contribution in [0.4, 0.5) is 8.78 Å². The molecule has 18 heavy (non-hydrogen) atoms. The third kappa shape index (κ3) is 2.72. The van der Waals surface area contributed by atoms with Crippen LogP contribution in [0.5, 0.6) is 0 Å². The highest BCUT2D eigenvalue weighted by Crippen LogP contribution is 2.41. The smallest absolute Gasteiger partial charge is 0.248 e. The normalized spacial score (nSPS) is 21.8. The van der Waals surface area contributed by atoms with Crippen molar-refractivity contribution in [1.82, 2.24) is 0 Å². The van der Waals surface area contributed by atoms with Gasteiger partial charge < -0.3 is 5.73 Å². The third-order valence-corrected chi connectivity index (χ3v) is 4.28. The van der Waals surface area contributed by atoms with Gasteiger partial charge in [0.05, 0.1) is 0 Å². The molecular weight excluding hydrogens is 232 g/mol. The predicted molar refractivity (Wildman–Crippen MR) is 69.7 cm³/mol. The number of benzene rings is 1. The lowest BCUT2D eigenvalue weighted by molar-refractivity contribution is -0.0483. The molecule has 1 unspecified atom stereocenters. The van der Waals surface area contributed by atoms with Crippen molar-refractivity contribution in [3.8, 4) is 0 Å². The molecule has 100 valence electrons. The van der Waals surface area contributed by atoms with Crippen molar-refractivity contribution in [3.63, 3.8) is 0 Å². The average molecular weight is 253 g/mol. The Bertz CT molecular complexity index is 419. The fraction of sp³-hybridized carbons (Fsp3) is 0.600. The Labute approximate surface area is 107 Å². The van der Waals surface area contributed by atoms with Crippen LogP contribution in [0, 0.1) is 19.8 Å². The maximum atomic E-state index is 13.1. The highest BCUT2D eigenvalue weighted by Gasteiger charge is 2.37. The topological polar surface area (TPSA) is 26.0 Å². The van der Waals surface area contributed by atoms with Crippen molar-refractivity contribution in [2.24, 2.45) is 11.7 Å². The SMILES string of the molecule is Cc1cccc(C(N)C2CCC(F)(F)CC2)c1C. The highest BCUT2D eigenvalue weighted by molar-refractivity contribution is 5.35. The largest absolute Gasteiger partial charge is 0.324 e. The van der Waals surface area contributed by atoms with Crippen molar-refractivity contribution >= 4 is 0 Å². The maximum Gasteiger partial charge on any atom is 0.248 e. The van der Waals surface area contributed by atoms with Crippen LogP contribution in [0.25, 0.3) is 0 Å². The van der Waals surface area contributed by atoms with Gasteiger partial charge in [-0.05, 0) is 49.3 Å². The maximum absolute atomic E-state index is 13.1. The summed E-state index contributed by atoms with van der Waals surface area (Å²) in [6.07, 6.45) is 1.02. The quantitative estimate of drug-likeness (QED) is 0.842. The summed E-state index contributed by atoms with van der Waals surface area (Å²) in [7, 11) is 0. The molecule has 0 aromatic heterocycles. The zero-order chi connectivity index (χ0) is 13.3. The van der Waals surface area contributed by atoms with Gasteiger partial charge in [-0.1, -0.05) is 18.2 Å². The number of rotatable bonds is 2. The van der Waals surface area contributed by atoms with Crippen LogP contribution in [0.2, 0.25) is 0 Å². The zero-order valence-corrected chi connectivity index (χ0v) is 11.0. The molecule has 1 atom stereocenters. The van der Waals surface area contributed by atoms with Crippen molar-refractivity contribution in [2.45, 2.75) is 51.5 Å². The van der Waals surface area contributed by atoms with E-state index in [1.54, 1.807) is 0 Å². The lowest BCUT2D eigenvalue weighted by atomic mass is 9.79. The minimum absolute atomic E-state index is 0.0176. The average Bonchev–Trinajstić information content (AvgIpc) is 2.32. The first kappa shape index (κ1) is 13.5. The predicted octanol–water partition coefficient (Wildman–Crippen LogP) is 4.13. The summed E-state index contributed by atoms with van der Waals surface area (Å²) in [5, 5.41) is 0. The van der Waals surface area contributed by atoms with Gasteiger partial charge in [-0.3, -0.25) is 0 Å². The molecule has 0 saturated heterocycles. The molecule has 1 aliphatic carbocycles. The van der Waals surface area contributed by atoms with Crippen LogP contribution < -0.4 is 5.73 Å². The van der Waals surface area contributed by atoms with E-state index in [1.165, 1.54) is 11.1 Å². The van der Waals surface area contributed by atoms with Crippen molar-refractivity contribution in [2.75, 3.05) is 0 Å². The van der Waals surface area contributed by atoms with Crippen LogP contribution in [-0.4, -0.2) is 5.92 Å². The van der Waals surface area contributed by atoms with Crippen molar-refractivity contribution < 1.29 is 8.78 Å². The van der Waals surface area contributed by atoms with Gasteiger partial charge in [0.25, 0.3) is 0 Å². The van der Waals surface area contributed by atoms with E-state index >= 15 is 0 Å². The second-order valence-corrected chi connectivity index (χ2v) is 5.51. The minimum Gasteiger partial charge on any atom is -0.324 e. The molecule has 1 aromatic carbocycles. The number of alkyl halides is 2. The molecule has 0 amide bonds. The van der Waals surface area contributed by atoms with Crippen LogP contribution in [0.1, 0.15) is 48.4 Å². The number of aryl methyl sites for hydroxylation is 1. The molecule has 1 nitrogen and oxygen atoms in total. The molecule has 1 fully saturated rings. The fourth-order valence-corrected chi connectivity index (χ4v) is 2.81. The van der Waals surface area contributed by atoms with E-state index in [0.29, 0.717) is 12.8 Å². The van der Waals surface area contributed by atoms with Crippen LogP contribution in [0.3, 0.4) is 0 Å². The number of hydrogen-bond acceptors (Lipinski definition) is 1. The van der Waals surface area contributed by atoms with Crippen molar-refractivity contribution in [3.05, 3.63) is 34.9 Å². The van der Waals surface area contributed by atoms with Gasteiger partial charge in [0, 0.05) is 18.9 Å². The Morgan fingerprint density at radius 1 is 1.22 bits per heavy atom. The highest BCUT2D eigenvalue weighted by atomic mass is 19.3. The molecule has 1 aliphatic rings. The molecule has 0 bridgehead atoms. The Morgan fingerprint density at radius 2 is 1.83 bits per heavy atom. The standard InChI is InChI=1S/C15H21F2N/c1-10-4-3-5-13(11(10)2)14(18)12-6-8-15(16,17)9-7-12/h3-5,12,14H,6-9,18H2,1-2H3. The summed E-state index contributed by atoms with van der Waals surface area (Å²) in [4.78, 5) is 0.